The molecular weight excluding hydrogens is 346 g/mol. The van der Waals surface area contributed by atoms with Crippen LogP contribution in [0.2, 0.25) is 0 Å². The van der Waals surface area contributed by atoms with Gasteiger partial charge in [0.05, 0.1) is 17.1 Å². The Hall–Kier alpha value is -2.51. The van der Waals surface area contributed by atoms with E-state index in [1.54, 1.807) is 19.1 Å². The zero-order valence-corrected chi connectivity index (χ0v) is 16.1. The van der Waals surface area contributed by atoms with E-state index in [1.165, 1.54) is 0 Å². The second-order valence-corrected chi connectivity index (χ2v) is 3.93. The van der Waals surface area contributed by atoms with E-state index in [0.717, 1.165) is 23.5 Å². The first-order valence-electron chi connectivity index (χ1n) is 7.94. The van der Waals surface area contributed by atoms with Crippen LogP contribution in [-0.4, -0.2) is 21.2 Å². The third-order valence-corrected chi connectivity index (χ3v) is 1.97. The zero-order chi connectivity index (χ0) is 19.5. The first-order chi connectivity index (χ1) is 11.4. The molecule has 0 bridgehead atoms. The molecule has 0 spiro atoms. The van der Waals surface area contributed by atoms with Crippen molar-refractivity contribution in [2.24, 2.45) is 5.16 Å². The number of hydrogen-bond donors (Lipinski definition) is 3. The van der Waals surface area contributed by atoms with Gasteiger partial charge in [0.2, 0.25) is 11.8 Å². The number of nitrogens with two attached hydrogens (primary N) is 2. The summed E-state index contributed by atoms with van der Waals surface area (Å²) in [5.74, 6) is 0.745. The molecule has 0 unspecified atom stereocenters. The molecule has 2 aromatic rings. The highest BCUT2D eigenvalue weighted by Gasteiger charge is 1.89. The quantitative estimate of drug-likeness (QED) is 0.293. The Balaban J connectivity index is -0.0000000534. The highest BCUT2D eigenvalue weighted by molar-refractivity contribution is 5.80. The number of aryl methyl sites for hydroxylation is 2. The van der Waals surface area contributed by atoms with Gasteiger partial charge in [-0.3, -0.25) is 0 Å². The largest absolute Gasteiger partial charge is 0.411 e. The topological polar surface area (TPSA) is 137 Å². The molecule has 0 saturated heterocycles. The maximum Gasteiger partial charge on any atom is 0.222 e. The summed E-state index contributed by atoms with van der Waals surface area (Å²) in [5.41, 5.74) is 12.7. The lowest BCUT2D eigenvalue weighted by Gasteiger charge is -1.81. The molecule has 5 N–H and O–H groups in total. The van der Waals surface area contributed by atoms with Crippen molar-refractivity contribution in [2.75, 3.05) is 11.5 Å². The Morgan fingerprint density at radius 2 is 1.22 bits per heavy atom. The van der Waals surface area contributed by atoms with Crippen LogP contribution in [0.3, 0.4) is 0 Å². The van der Waals surface area contributed by atoms with Crippen LogP contribution in [-0.2, 0) is 0 Å². The van der Waals surface area contributed by atoms with Crippen molar-refractivity contribution < 1.29 is 14.3 Å². The molecule has 164 valence electrons. The molecule has 0 radical (unpaired) electrons. The van der Waals surface area contributed by atoms with Crippen molar-refractivity contribution in [3.05, 3.63) is 23.5 Å². The number of anilines is 2. The van der Waals surface area contributed by atoms with E-state index in [2.05, 4.69) is 24.5 Å². The molecule has 0 aromatic carbocycles. The van der Waals surface area contributed by atoms with Crippen LogP contribution in [0, 0.1) is 13.8 Å². The number of rotatable bonds is 1. The zero-order valence-electron chi connectivity index (χ0n) is 16.1. The number of nitrogen functional groups attached to an aromatic ring is 2. The average Bonchev–Trinajstić information content (AvgIpc) is 3.18. The second kappa shape index (κ2) is 28.3. The van der Waals surface area contributed by atoms with Gasteiger partial charge in [0.1, 0.15) is 0 Å². The van der Waals surface area contributed by atoms with Crippen LogP contribution in [0.4, 0.5) is 11.8 Å². The summed E-state index contributed by atoms with van der Waals surface area (Å²) in [4.78, 5) is 0. The van der Waals surface area contributed by atoms with Gasteiger partial charge < -0.3 is 25.7 Å². The minimum absolute atomic E-state index is 0. The minimum Gasteiger partial charge on any atom is -0.411 e. The Bertz CT molecular complexity index is 452. The van der Waals surface area contributed by atoms with E-state index in [1.807, 2.05) is 48.5 Å². The van der Waals surface area contributed by atoms with E-state index in [-0.39, 0.29) is 22.3 Å². The standard InChI is InChI=1S/2C4H6N2O.C4H9NO.2C2H6.3CH4/c2*1-3-2-4(5)7-6-3;1-3-4(2)5-6;2*1-2;;;/h2*2H,5H2,1H3;6H,3H2,1-2H3;2*1-2H3;3*1H4/b;;5-4-;;;;;. The molecule has 0 aliphatic carbocycles. The number of nitrogens with zero attached hydrogens (tertiary/aromatic N) is 3. The summed E-state index contributed by atoms with van der Waals surface area (Å²) >= 11 is 0. The molecular formula is C19H45N5O3. The van der Waals surface area contributed by atoms with Crippen LogP contribution < -0.4 is 11.5 Å². The Kier molecular flexibility index (Phi) is 41.4. The van der Waals surface area contributed by atoms with Gasteiger partial charge in [-0.2, -0.15) is 0 Å². The normalized spacial score (nSPS) is 7.93. The summed E-state index contributed by atoms with van der Waals surface area (Å²) in [6, 6.07) is 3.33. The lowest BCUT2D eigenvalue weighted by atomic mass is 10.3. The monoisotopic (exact) mass is 391 g/mol. The third kappa shape index (κ3) is 28.6. The summed E-state index contributed by atoms with van der Waals surface area (Å²) in [7, 11) is 0. The van der Waals surface area contributed by atoms with Crippen LogP contribution >= 0.6 is 0 Å². The van der Waals surface area contributed by atoms with Crippen molar-refractivity contribution >= 4 is 17.5 Å². The van der Waals surface area contributed by atoms with Gasteiger partial charge in [0.15, 0.2) is 0 Å². The molecule has 0 amide bonds. The van der Waals surface area contributed by atoms with Gasteiger partial charge in [0.25, 0.3) is 0 Å². The van der Waals surface area contributed by atoms with Gasteiger partial charge in [-0.05, 0) is 27.2 Å². The van der Waals surface area contributed by atoms with Gasteiger partial charge in [-0.25, -0.2) is 0 Å². The molecule has 0 atom stereocenters. The van der Waals surface area contributed by atoms with Crippen molar-refractivity contribution in [3.63, 3.8) is 0 Å². The Labute approximate surface area is 167 Å². The summed E-state index contributed by atoms with van der Waals surface area (Å²) in [6.45, 7) is 15.4. The molecule has 0 fully saturated rings. The first-order valence-corrected chi connectivity index (χ1v) is 7.94. The smallest absolute Gasteiger partial charge is 0.222 e. The van der Waals surface area contributed by atoms with E-state index >= 15 is 0 Å². The second-order valence-electron chi connectivity index (χ2n) is 3.93. The van der Waals surface area contributed by atoms with E-state index in [4.69, 9.17) is 16.7 Å². The molecule has 0 saturated carbocycles. The first kappa shape index (κ1) is 39.5. The molecule has 27 heavy (non-hydrogen) atoms. The SMILES string of the molecule is C.C.C.CC.CC.CC/C(C)=N\O.Cc1cc(N)on1.Cc1cc(N)on1. The maximum absolute atomic E-state index is 7.92. The van der Waals surface area contributed by atoms with Crippen LogP contribution in [0.1, 0.15) is 81.6 Å². The molecule has 0 aliphatic rings. The number of aromatic nitrogens is 2. The molecule has 8 nitrogen and oxygen atoms in total. The fourth-order valence-electron chi connectivity index (χ4n) is 0.837. The van der Waals surface area contributed by atoms with E-state index < -0.39 is 0 Å². The maximum atomic E-state index is 7.92. The highest BCUT2D eigenvalue weighted by Crippen LogP contribution is 2.01. The van der Waals surface area contributed by atoms with Gasteiger partial charge >= 0.3 is 0 Å². The summed E-state index contributed by atoms with van der Waals surface area (Å²) in [6.07, 6.45) is 0.830. The highest BCUT2D eigenvalue weighted by atomic mass is 16.5. The fourth-order valence-corrected chi connectivity index (χ4v) is 0.837. The third-order valence-electron chi connectivity index (χ3n) is 1.97. The molecule has 2 rings (SSSR count). The number of oxime groups is 1. The molecule has 2 aromatic heterocycles. The summed E-state index contributed by atoms with van der Waals surface area (Å²) in [5, 5.41) is 17.9. The van der Waals surface area contributed by atoms with Crippen molar-refractivity contribution in [1.29, 1.82) is 0 Å². The van der Waals surface area contributed by atoms with Gasteiger partial charge in [0, 0.05) is 12.1 Å². The minimum atomic E-state index is 0. The fraction of sp³-hybridized carbons (Fsp3) is 0.632. The van der Waals surface area contributed by atoms with Crippen molar-refractivity contribution in [3.8, 4) is 0 Å². The van der Waals surface area contributed by atoms with E-state index in [0.29, 0.717) is 11.8 Å². The Morgan fingerprint density at radius 1 is 0.926 bits per heavy atom. The van der Waals surface area contributed by atoms with Crippen LogP contribution in [0.5, 0.6) is 0 Å². The average molecular weight is 392 g/mol. The van der Waals surface area contributed by atoms with Gasteiger partial charge in [-0.15, -0.1) is 0 Å². The van der Waals surface area contributed by atoms with Gasteiger partial charge in [-0.1, -0.05) is 72.4 Å². The number of hydrogen-bond acceptors (Lipinski definition) is 8. The summed E-state index contributed by atoms with van der Waals surface area (Å²) < 4.78 is 8.98. The lowest BCUT2D eigenvalue weighted by Crippen LogP contribution is -1.83. The van der Waals surface area contributed by atoms with Crippen molar-refractivity contribution in [2.45, 2.75) is 84.1 Å². The molecule has 0 aliphatic heterocycles. The Morgan fingerprint density at radius 3 is 1.26 bits per heavy atom. The van der Waals surface area contributed by atoms with Crippen LogP contribution in [0.15, 0.2) is 26.3 Å². The van der Waals surface area contributed by atoms with Crippen molar-refractivity contribution in [1.82, 2.24) is 10.3 Å². The van der Waals surface area contributed by atoms with Crippen LogP contribution in [0.25, 0.3) is 0 Å². The lowest BCUT2D eigenvalue weighted by molar-refractivity contribution is 0.317. The molecule has 2 heterocycles. The predicted molar refractivity (Wildman–Crippen MR) is 119 cm³/mol. The van der Waals surface area contributed by atoms with E-state index in [9.17, 15) is 0 Å². The predicted octanol–water partition coefficient (Wildman–Crippen LogP) is 6.34. The molecule has 8 heteroatoms.